The molecule has 2 rings (SSSR count). The van der Waals surface area contributed by atoms with E-state index in [-0.39, 0.29) is 11.7 Å². The van der Waals surface area contributed by atoms with Gasteiger partial charge in [0, 0.05) is 6.07 Å². The van der Waals surface area contributed by atoms with Gasteiger partial charge < -0.3 is 4.74 Å². The molecule has 0 aliphatic heterocycles. The maximum Gasteiger partial charge on any atom is 0.232 e. The highest BCUT2D eigenvalue weighted by Crippen LogP contribution is 2.24. The second-order valence-electron chi connectivity index (χ2n) is 5.22. The third kappa shape index (κ3) is 5.11. The first-order chi connectivity index (χ1) is 9.94. The number of hydrogen-bond donors (Lipinski definition) is 1. The summed E-state index contributed by atoms with van der Waals surface area (Å²) in [6.45, 7) is 3.74. The maximum atomic E-state index is 11.9. The quantitative estimate of drug-likeness (QED) is 0.881. The van der Waals surface area contributed by atoms with E-state index in [1.54, 1.807) is 24.3 Å². The number of sulfonamides is 1. The predicted octanol–water partition coefficient (Wildman–Crippen LogP) is 3.88. The summed E-state index contributed by atoms with van der Waals surface area (Å²) >= 11 is 0. The van der Waals surface area contributed by atoms with Gasteiger partial charge in [0.15, 0.2) is 0 Å². The molecule has 0 fully saturated rings. The topological polar surface area (TPSA) is 55.4 Å². The molecule has 0 saturated heterocycles. The monoisotopic (exact) mass is 305 g/mol. The third-order valence-electron chi connectivity index (χ3n) is 2.64. The van der Waals surface area contributed by atoms with Crippen molar-refractivity contribution in [1.82, 2.24) is 0 Å². The first-order valence-corrected chi connectivity index (χ1v) is 8.43. The van der Waals surface area contributed by atoms with Crippen LogP contribution in [-0.4, -0.2) is 14.2 Å². The second kappa shape index (κ2) is 6.63. The summed E-state index contributed by atoms with van der Waals surface area (Å²) in [7, 11) is -3.33. The Morgan fingerprint density at radius 3 is 2.33 bits per heavy atom. The lowest BCUT2D eigenvalue weighted by Crippen LogP contribution is -2.19. The van der Waals surface area contributed by atoms with E-state index in [0.29, 0.717) is 17.2 Å². The van der Waals surface area contributed by atoms with Crippen molar-refractivity contribution in [1.29, 1.82) is 0 Å². The van der Waals surface area contributed by atoms with Gasteiger partial charge in [0.1, 0.15) is 11.5 Å². The lowest BCUT2D eigenvalue weighted by atomic mass is 10.3. The summed E-state index contributed by atoms with van der Waals surface area (Å²) in [4.78, 5) is 0. The highest BCUT2D eigenvalue weighted by Gasteiger charge is 2.13. The Morgan fingerprint density at radius 1 is 1.00 bits per heavy atom. The summed E-state index contributed by atoms with van der Waals surface area (Å²) in [6.07, 6.45) is 0. The first kappa shape index (κ1) is 15.4. The molecule has 0 aliphatic rings. The van der Waals surface area contributed by atoms with Crippen LogP contribution < -0.4 is 9.46 Å². The minimum Gasteiger partial charge on any atom is -0.457 e. The van der Waals surface area contributed by atoms with Gasteiger partial charge in [0.05, 0.1) is 11.4 Å². The standard InChI is InChI=1S/C16H19NO3S/c1-13(2)12-21(18,19)17-14-7-6-10-16(11-14)20-15-8-4-3-5-9-15/h3-11,13,17H,12H2,1-2H3. The molecular formula is C16H19NO3S. The van der Waals surface area contributed by atoms with Crippen LogP contribution in [0.1, 0.15) is 13.8 Å². The molecule has 21 heavy (non-hydrogen) atoms. The van der Waals surface area contributed by atoms with E-state index in [4.69, 9.17) is 4.74 Å². The van der Waals surface area contributed by atoms with Gasteiger partial charge in [0.2, 0.25) is 10.0 Å². The van der Waals surface area contributed by atoms with Crippen molar-refractivity contribution in [2.75, 3.05) is 10.5 Å². The minimum absolute atomic E-state index is 0.0752. The Hall–Kier alpha value is -2.01. The molecule has 5 heteroatoms. The van der Waals surface area contributed by atoms with E-state index in [9.17, 15) is 8.42 Å². The molecule has 0 atom stereocenters. The van der Waals surface area contributed by atoms with Gasteiger partial charge in [-0.2, -0.15) is 0 Å². The van der Waals surface area contributed by atoms with Gasteiger partial charge in [-0.05, 0) is 30.2 Å². The molecule has 2 aromatic rings. The Morgan fingerprint density at radius 2 is 1.67 bits per heavy atom. The van der Waals surface area contributed by atoms with Crippen molar-refractivity contribution >= 4 is 15.7 Å². The maximum absolute atomic E-state index is 11.9. The molecule has 0 spiro atoms. The molecule has 0 bridgehead atoms. The molecular weight excluding hydrogens is 286 g/mol. The molecule has 112 valence electrons. The normalized spacial score (nSPS) is 11.4. The summed E-state index contributed by atoms with van der Waals surface area (Å²) in [6, 6.07) is 16.3. The Balaban J connectivity index is 2.11. The average Bonchev–Trinajstić information content (AvgIpc) is 2.38. The molecule has 0 saturated carbocycles. The van der Waals surface area contributed by atoms with Crippen LogP contribution in [0.3, 0.4) is 0 Å². The number of hydrogen-bond acceptors (Lipinski definition) is 3. The number of para-hydroxylation sites is 1. The van der Waals surface area contributed by atoms with Gasteiger partial charge in [-0.3, -0.25) is 4.72 Å². The molecule has 0 radical (unpaired) electrons. The molecule has 0 amide bonds. The van der Waals surface area contributed by atoms with Gasteiger partial charge >= 0.3 is 0 Å². The smallest absolute Gasteiger partial charge is 0.232 e. The van der Waals surface area contributed by atoms with Crippen LogP contribution in [0.5, 0.6) is 11.5 Å². The lowest BCUT2D eigenvalue weighted by Gasteiger charge is -2.11. The van der Waals surface area contributed by atoms with Crippen molar-refractivity contribution in [2.45, 2.75) is 13.8 Å². The molecule has 1 N–H and O–H groups in total. The average molecular weight is 305 g/mol. The Kier molecular flexibility index (Phi) is 4.85. The first-order valence-electron chi connectivity index (χ1n) is 6.78. The zero-order valence-corrected chi connectivity index (χ0v) is 12.9. The van der Waals surface area contributed by atoms with E-state index >= 15 is 0 Å². The molecule has 2 aromatic carbocycles. The van der Waals surface area contributed by atoms with Crippen LogP contribution in [0, 0.1) is 5.92 Å². The summed E-state index contributed by atoms with van der Waals surface area (Å²) < 4.78 is 32.1. The van der Waals surface area contributed by atoms with Crippen molar-refractivity contribution < 1.29 is 13.2 Å². The number of benzene rings is 2. The third-order valence-corrected chi connectivity index (χ3v) is 4.29. The summed E-state index contributed by atoms with van der Waals surface area (Å²) in [5, 5.41) is 0. The summed E-state index contributed by atoms with van der Waals surface area (Å²) in [5.41, 5.74) is 0.504. The molecule has 0 heterocycles. The highest BCUT2D eigenvalue weighted by atomic mass is 32.2. The van der Waals surface area contributed by atoms with Gasteiger partial charge in [-0.25, -0.2) is 8.42 Å². The van der Waals surface area contributed by atoms with Crippen LogP contribution in [0.2, 0.25) is 0 Å². The van der Waals surface area contributed by atoms with E-state index in [0.717, 1.165) is 0 Å². The van der Waals surface area contributed by atoms with Crippen molar-refractivity contribution in [3.8, 4) is 11.5 Å². The SMILES string of the molecule is CC(C)CS(=O)(=O)Nc1cccc(Oc2ccccc2)c1. The zero-order valence-electron chi connectivity index (χ0n) is 12.1. The van der Waals surface area contributed by atoms with Crippen molar-refractivity contribution in [2.24, 2.45) is 5.92 Å². The molecule has 4 nitrogen and oxygen atoms in total. The van der Waals surface area contributed by atoms with Crippen LogP contribution in [0.4, 0.5) is 5.69 Å². The Bertz CT molecular complexity index is 682. The van der Waals surface area contributed by atoms with E-state index in [2.05, 4.69) is 4.72 Å². The van der Waals surface area contributed by atoms with Crippen LogP contribution in [0.25, 0.3) is 0 Å². The van der Waals surface area contributed by atoms with E-state index in [1.165, 1.54) is 0 Å². The van der Waals surface area contributed by atoms with Gasteiger partial charge in [0.25, 0.3) is 0 Å². The molecule has 0 aromatic heterocycles. The Labute approximate surface area is 125 Å². The zero-order chi connectivity index (χ0) is 15.3. The van der Waals surface area contributed by atoms with Crippen molar-refractivity contribution in [3.63, 3.8) is 0 Å². The van der Waals surface area contributed by atoms with Crippen LogP contribution in [0.15, 0.2) is 54.6 Å². The molecule has 0 aliphatic carbocycles. The fourth-order valence-corrected chi connectivity index (χ4v) is 3.35. The lowest BCUT2D eigenvalue weighted by molar-refractivity contribution is 0.483. The summed E-state index contributed by atoms with van der Waals surface area (Å²) in [5.74, 6) is 1.47. The van der Waals surface area contributed by atoms with Gasteiger partial charge in [-0.15, -0.1) is 0 Å². The number of nitrogens with one attached hydrogen (secondary N) is 1. The minimum atomic E-state index is -3.33. The van der Waals surface area contributed by atoms with Crippen LogP contribution in [-0.2, 0) is 10.0 Å². The van der Waals surface area contributed by atoms with E-state index < -0.39 is 10.0 Å². The fraction of sp³-hybridized carbons (Fsp3) is 0.250. The predicted molar refractivity (Wildman–Crippen MR) is 85.2 cm³/mol. The van der Waals surface area contributed by atoms with Crippen LogP contribution >= 0.6 is 0 Å². The number of rotatable bonds is 6. The number of ether oxygens (including phenoxy) is 1. The highest BCUT2D eigenvalue weighted by molar-refractivity contribution is 7.92. The molecule has 0 unspecified atom stereocenters. The fourth-order valence-electron chi connectivity index (χ4n) is 1.91. The van der Waals surface area contributed by atoms with Gasteiger partial charge in [-0.1, -0.05) is 38.1 Å². The number of anilines is 1. The van der Waals surface area contributed by atoms with Crippen molar-refractivity contribution in [3.05, 3.63) is 54.6 Å². The largest absolute Gasteiger partial charge is 0.457 e. The van der Waals surface area contributed by atoms with E-state index in [1.807, 2.05) is 44.2 Å². The second-order valence-corrected chi connectivity index (χ2v) is 6.99.